The molecule has 0 bridgehead atoms. The van der Waals surface area contributed by atoms with Crippen molar-refractivity contribution in [3.63, 3.8) is 0 Å². The maximum atomic E-state index is 12.7. The summed E-state index contributed by atoms with van der Waals surface area (Å²) in [5, 5.41) is 14.5. The molecule has 3 aromatic rings. The highest BCUT2D eigenvalue weighted by Gasteiger charge is 2.30. The van der Waals surface area contributed by atoms with E-state index >= 15 is 0 Å². The lowest BCUT2D eigenvalue weighted by Gasteiger charge is -2.11. The van der Waals surface area contributed by atoms with Gasteiger partial charge in [-0.2, -0.15) is 13.2 Å². The zero-order valence-electron chi connectivity index (χ0n) is 14.6. The van der Waals surface area contributed by atoms with Gasteiger partial charge >= 0.3 is 6.18 Å². The van der Waals surface area contributed by atoms with E-state index in [-0.39, 0.29) is 12.4 Å². The molecule has 0 aliphatic rings. The molecule has 0 aliphatic carbocycles. The number of pyridine rings is 1. The number of carbonyl (C=O) groups excluding carboxylic acids is 1. The number of carbonyl (C=O) groups is 1. The molecule has 28 heavy (non-hydrogen) atoms. The fourth-order valence-corrected chi connectivity index (χ4v) is 2.25. The zero-order valence-corrected chi connectivity index (χ0v) is 14.6. The van der Waals surface area contributed by atoms with Gasteiger partial charge < -0.3 is 10.1 Å². The van der Waals surface area contributed by atoms with Crippen molar-refractivity contribution in [3.05, 3.63) is 48.3 Å². The topological polar surface area (TPSA) is 94.8 Å². The third-order valence-electron chi connectivity index (χ3n) is 3.62. The van der Waals surface area contributed by atoms with Crippen LogP contribution in [0.2, 0.25) is 0 Å². The van der Waals surface area contributed by atoms with E-state index in [0.717, 1.165) is 16.9 Å². The number of alkyl halides is 3. The standard InChI is InChI=1S/C17H15F3N6O2/c1-2-28-10-15(27)26-24-16(23-25-26)13-9-21-8-7-14(13)22-12-5-3-11(4-6-12)17(18,19)20/h3-9H,2,10H2,1H3,(H,21,22). The molecule has 1 N–H and O–H groups in total. The molecule has 146 valence electrons. The fraction of sp³-hybridized carbons (Fsp3) is 0.235. The first-order valence-electron chi connectivity index (χ1n) is 8.18. The van der Waals surface area contributed by atoms with Gasteiger partial charge in [-0.1, -0.05) is 4.80 Å². The van der Waals surface area contributed by atoms with E-state index in [0.29, 0.717) is 23.5 Å². The monoisotopic (exact) mass is 392 g/mol. The maximum Gasteiger partial charge on any atom is 0.416 e. The van der Waals surface area contributed by atoms with Gasteiger partial charge in [-0.3, -0.25) is 9.78 Å². The van der Waals surface area contributed by atoms with Gasteiger partial charge in [0.2, 0.25) is 5.82 Å². The van der Waals surface area contributed by atoms with Crippen LogP contribution in [0, 0.1) is 0 Å². The van der Waals surface area contributed by atoms with Gasteiger partial charge in [0.1, 0.15) is 6.61 Å². The van der Waals surface area contributed by atoms with Crippen LogP contribution in [0.15, 0.2) is 42.7 Å². The number of nitrogens with one attached hydrogen (secondary N) is 1. The van der Waals surface area contributed by atoms with E-state index in [9.17, 15) is 18.0 Å². The van der Waals surface area contributed by atoms with Crippen molar-refractivity contribution in [2.24, 2.45) is 0 Å². The van der Waals surface area contributed by atoms with Crippen molar-refractivity contribution in [3.8, 4) is 11.4 Å². The zero-order chi connectivity index (χ0) is 20.1. The van der Waals surface area contributed by atoms with Crippen LogP contribution >= 0.6 is 0 Å². The summed E-state index contributed by atoms with van der Waals surface area (Å²) in [6, 6.07) is 6.18. The summed E-state index contributed by atoms with van der Waals surface area (Å²) in [7, 11) is 0. The Balaban J connectivity index is 1.82. The SMILES string of the molecule is CCOCC(=O)n1nnc(-c2cnccc2Nc2ccc(C(F)(F)F)cc2)n1. The van der Waals surface area contributed by atoms with Gasteiger partial charge in [-0.15, -0.1) is 10.2 Å². The largest absolute Gasteiger partial charge is 0.416 e. The number of rotatable bonds is 6. The summed E-state index contributed by atoms with van der Waals surface area (Å²) in [6.45, 7) is 1.94. The predicted octanol–water partition coefficient (Wildman–Crippen LogP) is 3.17. The molecule has 0 saturated carbocycles. The number of benzene rings is 1. The van der Waals surface area contributed by atoms with Gasteiger partial charge in [0.15, 0.2) is 0 Å². The minimum atomic E-state index is -4.41. The molecule has 2 aromatic heterocycles. The molecule has 8 nitrogen and oxygen atoms in total. The summed E-state index contributed by atoms with van der Waals surface area (Å²) in [5.41, 5.74) is 0.607. The molecule has 0 fully saturated rings. The number of aromatic nitrogens is 5. The summed E-state index contributed by atoms with van der Waals surface area (Å²) in [6.07, 6.45) is -1.45. The van der Waals surface area contributed by atoms with E-state index in [4.69, 9.17) is 4.74 Å². The maximum absolute atomic E-state index is 12.7. The number of tetrazole rings is 1. The van der Waals surface area contributed by atoms with E-state index in [2.05, 4.69) is 25.7 Å². The van der Waals surface area contributed by atoms with Crippen molar-refractivity contribution in [2.75, 3.05) is 18.5 Å². The van der Waals surface area contributed by atoms with Crippen molar-refractivity contribution in [2.45, 2.75) is 13.1 Å². The Morgan fingerprint density at radius 1 is 1.21 bits per heavy atom. The normalized spacial score (nSPS) is 11.4. The number of halogens is 3. The van der Waals surface area contributed by atoms with Crippen molar-refractivity contribution >= 4 is 17.3 Å². The van der Waals surface area contributed by atoms with Crippen LogP contribution in [-0.2, 0) is 10.9 Å². The first-order chi connectivity index (χ1) is 13.4. The lowest BCUT2D eigenvalue weighted by atomic mass is 10.1. The minimum Gasteiger partial charge on any atom is -0.372 e. The molecule has 0 radical (unpaired) electrons. The van der Waals surface area contributed by atoms with E-state index in [1.54, 1.807) is 13.0 Å². The Bertz CT molecular complexity index is 956. The van der Waals surface area contributed by atoms with E-state index < -0.39 is 17.6 Å². The Kier molecular flexibility index (Phi) is 5.64. The first-order valence-corrected chi connectivity index (χ1v) is 8.18. The molecule has 0 spiro atoms. The minimum absolute atomic E-state index is 0.132. The van der Waals surface area contributed by atoms with Crippen LogP contribution in [0.25, 0.3) is 11.4 Å². The molecular formula is C17H15F3N6O2. The van der Waals surface area contributed by atoms with E-state index in [1.807, 2.05) is 0 Å². The Morgan fingerprint density at radius 3 is 2.64 bits per heavy atom. The van der Waals surface area contributed by atoms with E-state index in [1.165, 1.54) is 24.5 Å². The van der Waals surface area contributed by atoms with Gasteiger partial charge in [-0.05, 0) is 42.5 Å². The van der Waals surface area contributed by atoms with Gasteiger partial charge in [0.25, 0.3) is 5.91 Å². The Hall–Kier alpha value is -3.34. The molecule has 11 heteroatoms. The average Bonchev–Trinajstić information content (AvgIpc) is 3.16. The number of hydrogen-bond acceptors (Lipinski definition) is 7. The van der Waals surface area contributed by atoms with Crippen molar-refractivity contribution < 1.29 is 22.7 Å². The molecule has 0 unspecified atom stereocenters. The predicted molar refractivity (Wildman–Crippen MR) is 92.9 cm³/mol. The lowest BCUT2D eigenvalue weighted by Crippen LogP contribution is -2.20. The third-order valence-corrected chi connectivity index (χ3v) is 3.62. The van der Waals surface area contributed by atoms with Crippen molar-refractivity contribution in [1.29, 1.82) is 0 Å². The van der Waals surface area contributed by atoms with Crippen LogP contribution in [0.5, 0.6) is 0 Å². The molecule has 0 aliphatic heterocycles. The fourth-order valence-electron chi connectivity index (χ4n) is 2.25. The van der Waals surface area contributed by atoms with Gasteiger partial charge in [0, 0.05) is 24.7 Å². The van der Waals surface area contributed by atoms with Gasteiger partial charge in [-0.25, -0.2) is 0 Å². The summed E-state index contributed by atoms with van der Waals surface area (Å²) < 4.78 is 43.1. The molecule has 0 saturated heterocycles. The molecule has 1 aromatic carbocycles. The second kappa shape index (κ2) is 8.13. The second-order valence-electron chi connectivity index (χ2n) is 5.55. The summed E-state index contributed by atoms with van der Waals surface area (Å²) in [5.74, 6) is -0.353. The van der Waals surface area contributed by atoms with Crippen LogP contribution in [0.4, 0.5) is 24.5 Å². The molecular weight excluding hydrogens is 377 g/mol. The van der Waals surface area contributed by atoms with Crippen LogP contribution in [-0.4, -0.2) is 44.3 Å². The number of nitrogens with zero attached hydrogens (tertiary/aromatic N) is 5. The highest BCUT2D eigenvalue weighted by Crippen LogP contribution is 2.31. The Labute approximate surface area is 157 Å². The van der Waals surface area contributed by atoms with Gasteiger partial charge in [0.05, 0.1) is 16.8 Å². The van der Waals surface area contributed by atoms with Crippen LogP contribution in [0.1, 0.15) is 17.3 Å². The quantitative estimate of drug-likeness (QED) is 0.688. The number of anilines is 2. The lowest BCUT2D eigenvalue weighted by molar-refractivity contribution is -0.137. The molecule has 2 heterocycles. The first kappa shape index (κ1) is 19.4. The van der Waals surface area contributed by atoms with Crippen LogP contribution in [0.3, 0.4) is 0 Å². The molecule has 0 amide bonds. The van der Waals surface area contributed by atoms with Crippen LogP contribution < -0.4 is 5.32 Å². The average molecular weight is 392 g/mol. The summed E-state index contributed by atoms with van der Waals surface area (Å²) >= 11 is 0. The molecule has 0 atom stereocenters. The highest BCUT2D eigenvalue weighted by atomic mass is 19.4. The third kappa shape index (κ3) is 4.49. The number of hydrogen-bond donors (Lipinski definition) is 1. The summed E-state index contributed by atoms with van der Waals surface area (Å²) in [4.78, 5) is 16.7. The highest BCUT2D eigenvalue weighted by molar-refractivity contribution is 5.80. The molecule has 3 rings (SSSR count). The number of ether oxygens (including phenoxy) is 1. The van der Waals surface area contributed by atoms with Crippen molar-refractivity contribution in [1.82, 2.24) is 25.2 Å². The second-order valence-corrected chi connectivity index (χ2v) is 5.55. The Morgan fingerprint density at radius 2 is 1.96 bits per heavy atom. The smallest absolute Gasteiger partial charge is 0.372 e.